The van der Waals surface area contributed by atoms with E-state index >= 15 is 0 Å². The van der Waals surface area contributed by atoms with Gasteiger partial charge in [-0.15, -0.1) is 5.10 Å². The van der Waals surface area contributed by atoms with Gasteiger partial charge in [0.2, 0.25) is 5.91 Å². The summed E-state index contributed by atoms with van der Waals surface area (Å²) in [6.07, 6.45) is 1.55. The van der Waals surface area contributed by atoms with Crippen molar-refractivity contribution in [3.8, 4) is 23.1 Å². The molecule has 6 rings (SSSR count). The molecule has 0 bridgehead atoms. The molecule has 3 amide bonds. The molecule has 256 valence electrons. The number of nitrogens with one attached hydrogen (secondary N) is 1. The molecule has 0 saturated carbocycles. The van der Waals surface area contributed by atoms with Crippen molar-refractivity contribution in [1.29, 1.82) is 5.26 Å². The van der Waals surface area contributed by atoms with E-state index in [2.05, 4.69) is 20.4 Å². The number of anilines is 2. The van der Waals surface area contributed by atoms with Crippen LogP contribution in [0, 0.1) is 24.1 Å². The number of benzene rings is 4. The number of carbonyl (C=O) groups is 2. The van der Waals surface area contributed by atoms with Crippen LogP contribution in [0.1, 0.15) is 22.3 Å². The summed E-state index contributed by atoms with van der Waals surface area (Å²) in [5.74, 6) is -0.574. The Kier molecular flexibility index (Phi) is 8.27. The van der Waals surface area contributed by atoms with E-state index in [4.69, 9.17) is 0 Å². The molecule has 2 heterocycles. The van der Waals surface area contributed by atoms with E-state index in [9.17, 15) is 38.7 Å². The fourth-order valence-electron chi connectivity index (χ4n) is 5.03. The Hall–Kier alpha value is -5.60. The van der Waals surface area contributed by atoms with Crippen molar-refractivity contribution >= 4 is 50.5 Å². The second-order valence-corrected chi connectivity index (χ2v) is 14.5. The molecule has 1 saturated heterocycles. The molecule has 0 aliphatic carbocycles. The molecular weight excluding hydrogens is 705 g/mol. The zero-order valence-electron chi connectivity index (χ0n) is 25.7. The van der Waals surface area contributed by atoms with Crippen LogP contribution in [-0.2, 0) is 11.2 Å². The van der Waals surface area contributed by atoms with Crippen LogP contribution >= 0.6 is 22.0 Å². The zero-order valence-corrected chi connectivity index (χ0v) is 27.3. The van der Waals surface area contributed by atoms with Crippen LogP contribution in [0.2, 0.25) is 0 Å². The lowest BCUT2D eigenvalue weighted by molar-refractivity contribution is -0.115. The van der Waals surface area contributed by atoms with Gasteiger partial charge in [-0.05, 0) is 90.7 Å². The third-order valence-electron chi connectivity index (χ3n) is 7.43. The SMILES string of the molecule is Cc1ccc(Cc2ccc(F)cc2)c(N2C(=O)CS/C2=N\C(=O)Nc2ccc(-c3ncn(-c4ccc(S(F)(F)(F)(F)F)cc4)n3)cc2C#N)c1. The second-order valence-electron chi connectivity index (χ2n) is 11.1. The molecule has 1 aliphatic rings. The molecule has 1 aromatic heterocycles. The topological polar surface area (TPSA) is 116 Å². The maximum atomic E-state index is 13.5. The number of amidine groups is 1. The number of thioether (sulfide) groups is 1. The maximum absolute atomic E-state index is 13.5. The Labute approximate surface area is 285 Å². The van der Waals surface area contributed by atoms with Gasteiger partial charge in [-0.1, -0.05) is 55.5 Å². The summed E-state index contributed by atoms with van der Waals surface area (Å²) in [6, 6.07) is 19.1. The number of aryl methyl sites for hydroxylation is 1. The van der Waals surface area contributed by atoms with Crippen LogP contribution in [0.15, 0.2) is 101 Å². The number of aliphatic imine (C=N–C) groups is 1. The number of hydrogen-bond donors (Lipinski definition) is 1. The number of halogens is 6. The van der Waals surface area contributed by atoms with Crippen LogP contribution < -0.4 is 10.2 Å². The fraction of sp³-hybridized carbons (Fsp3) is 0.0909. The number of amides is 3. The molecule has 0 spiro atoms. The Morgan fingerprint density at radius 2 is 1.72 bits per heavy atom. The van der Waals surface area contributed by atoms with E-state index in [1.165, 1.54) is 35.2 Å². The van der Waals surface area contributed by atoms with E-state index in [1.807, 2.05) is 25.1 Å². The molecule has 0 radical (unpaired) electrons. The van der Waals surface area contributed by atoms with Crippen LogP contribution in [0.5, 0.6) is 0 Å². The lowest BCUT2D eigenvalue weighted by atomic mass is 10.0. The first-order valence-corrected chi connectivity index (χ1v) is 17.4. The van der Waals surface area contributed by atoms with Gasteiger partial charge in [-0.2, -0.15) is 10.3 Å². The molecule has 0 unspecified atom stereocenters. The van der Waals surface area contributed by atoms with Gasteiger partial charge in [-0.3, -0.25) is 9.69 Å². The van der Waals surface area contributed by atoms with Crippen molar-refractivity contribution in [3.05, 3.63) is 119 Å². The lowest BCUT2D eigenvalue weighted by Crippen LogP contribution is -2.31. The Morgan fingerprint density at radius 1 is 1.00 bits per heavy atom. The average molecular weight is 728 g/mol. The second kappa shape index (κ2) is 12.1. The number of nitriles is 1. The third-order valence-corrected chi connectivity index (χ3v) is 9.52. The Balaban J connectivity index is 1.21. The van der Waals surface area contributed by atoms with E-state index < -0.39 is 21.2 Å². The Bertz CT molecular complexity index is 2240. The summed E-state index contributed by atoms with van der Waals surface area (Å²) < 4.78 is 79.9. The smallest absolute Gasteiger partial charge is 0.305 e. The van der Waals surface area contributed by atoms with Crippen molar-refractivity contribution in [2.24, 2.45) is 4.99 Å². The lowest BCUT2D eigenvalue weighted by Gasteiger charge is -2.40. The van der Waals surface area contributed by atoms with E-state index in [1.54, 1.807) is 18.2 Å². The van der Waals surface area contributed by atoms with Gasteiger partial charge >= 0.3 is 16.3 Å². The number of aromatic nitrogens is 3. The summed E-state index contributed by atoms with van der Waals surface area (Å²) in [4.78, 5) is 33.7. The number of carbonyl (C=O) groups excluding carboxylic acids is 2. The molecule has 9 nitrogen and oxygen atoms in total. The molecular formula is C33H23F6N7O2S2. The number of urea groups is 1. The highest BCUT2D eigenvalue weighted by molar-refractivity contribution is 8.45. The van der Waals surface area contributed by atoms with E-state index in [-0.39, 0.29) is 57.5 Å². The van der Waals surface area contributed by atoms with Gasteiger partial charge in [0.15, 0.2) is 11.0 Å². The van der Waals surface area contributed by atoms with E-state index in [0.29, 0.717) is 17.7 Å². The molecule has 0 atom stereocenters. The van der Waals surface area contributed by atoms with Gasteiger partial charge in [0.1, 0.15) is 23.1 Å². The summed E-state index contributed by atoms with van der Waals surface area (Å²) in [5, 5.41) is 16.7. The highest BCUT2D eigenvalue weighted by Gasteiger charge is 2.65. The van der Waals surface area contributed by atoms with Crippen LogP contribution in [-0.4, -0.2) is 37.6 Å². The predicted molar refractivity (Wildman–Crippen MR) is 180 cm³/mol. The molecule has 4 aromatic carbocycles. The van der Waals surface area contributed by atoms with Gasteiger partial charge < -0.3 is 5.32 Å². The van der Waals surface area contributed by atoms with Crippen molar-refractivity contribution in [3.63, 3.8) is 0 Å². The summed E-state index contributed by atoms with van der Waals surface area (Å²) in [5.41, 5.74) is 3.39. The molecule has 17 heteroatoms. The van der Waals surface area contributed by atoms with Gasteiger partial charge in [0, 0.05) is 5.56 Å². The highest BCUT2D eigenvalue weighted by Crippen LogP contribution is 3.02. The maximum Gasteiger partial charge on any atom is 0.347 e. The summed E-state index contributed by atoms with van der Waals surface area (Å²) >= 11 is 1.07. The van der Waals surface area contributed by atoms with Crippen molar-refractivity contribution in [2.45, 2.75) is 18.2 Å². The Morgan fingerprint density at radius 3 is 2.40 bits per heavy atom. The summed E-state index contributed by atoms with van der Waals surface area (Å²) in [7, 11) is -9.84. The largest absolute Gasteiger partial charge is 0.347 e. The van der Waals surface area contributed by atoms with Crippen LogP contribution in [0.4, 0.5) is 40.0 Å². The van der Waals surface area contributed by atoms with Crippen LogP contribution in [0.25, 0.3) is 17.1 Å². The third kappa shape index (κ3) is 7.51. The normalized spacial score (nSPS) is 15.4. The predicted octanol–water partition coefficient (Wildman–Crippen LogP) is 9.17. The van der Waals surface area contributed by atoms with Gasteiger partial charge in [-0.25, -0.2) is 18.9 Å². The first-order valence-electron chi connectivity index (χ1n) is 14.5. The molecule has 50 heavy (non-hydrogen) atoms. The zero-order chi connectivity index (χ0) is 35.9. The van der Waals surface area contributed by atoms with Crippen molar-refractivity contribution in [2.75, 3.05) is 16.0 Å². The fourth-order valence-corrected chi connectivity index (χ4v) is 6.53. The molecule has 5 aromatic rings. The molecule has 1 fully saturated rings. The van der Waals surface area contributed by atoms with Crippen molar-refractivity contribution in [1.82, 2.24) is 14.8 Å². The standard InChI is InChI=1S/C33H23F6N7O2S2/c1-20-2-5-22(15-21-3-7-25(34)8-4-21)29(14-20)46-30(47)18-49-33(46)43-32(48)42-28-13-6-23(16-24(28)17-40)31-41-19-45(44-31)26-9-11-27(12-10-26)50(35,36,37,38)39/h2-14,16,19H,15,18H2,1H3,(H,42,48)/b43-33-. The van der Waals surface area contributed by atoms with Gasteiger partial charge in [0.25, 0.3) is 0 Å². The summed E-state index contributed by atoms with van der Waals surface area (Å²) in [6.45, 7) is 1.86. The monoisotopic (exact) mass is 727 g/mol. The molecule has 1 aliphatic heterocycles. The number of rotatable bonds is 7. The number of nitrogens with zero attached hydrogens (tertiary/aromatic N) is 6. The van der Waals surface area contributed by atoms with Gasteiger partial charge in [0.05, 0.1) is 28.4 Å². The van der Waals surface area contributed by atoms with E-state index in [0.717, 1.165) is 51.6 Å². The quantitative estimate of drug-likeness (QED) is 0.167. The minimum absolute atomic E-state index is 0.0000848. The number of hydrogen-bond acceptors (Lipinski definition) is 6. The van der Waals surface area contributed by atoms with Crippen LogP contribution in [0.3, 0.4) is 0 Å². The first-order chi connectivity index (χ1) is 23.5. The average Bonchev–Trinajstić information content (AvgIpc) is 3.69. The highest BCUT2D eigenvalue weighted by atomic mass is 32.5. The van der Waals surface area contributed by atoms with Crippen molar-refractivity contribution < 1.29 is 33.4 Å². The minimum atomic E-state index is -9.84. The minimum Gasteiger partial charge on any atom is -0.305 e. The first kappa shape index (κ1) is 34.3. The molecule has 1 N–H and O–H groups in total.